The van der Waals surface area contributed by atoms with Crippen LogP contribution in [0.2, 0.25) is 0 Å². The molecule has 178 valence electrons. The van der Waals surface area contributed by atoms with Gasteiger partial charge in [0, 0.05) is 25.2 Å². The van der Waals surface area contributed by atoms with Crippen molar-refractivity contribution in [2.75, 3.05) is 20.8 Å². The van der Waals surface area contributed by atoms with Gasteiger partial charge in [0.25, 0.3) is 0 Å². The zero-order valence-corrected chi connectivity index (χ0v) is 20.2. The molecule has 1 aliphatic heterocycles. The van der Waals surface area contributed by atoms with Crippen molar-refractivity contribution in [1.82, 2.24) is 10.2 Å². The van der Waals surface area contributed by atoms with Crippen LogP contribution in [0.25, 0.3) is 0 Å². The second-order valence-corrected chi connectivity index (χ2v) is 8.99. The minimum Gasteiger partial charge on any atom is -0.497 e. The largest absolute Gasteiger partial charge is 0.497 e. The highest BCUT2D eigenvalue weighted by Gasteiger charge is 2.33. The SMILES string of the molecule is COc1cc(CN2CC(C(=O)NC(C)c3ccccc3)CCC2c2ccccc2)cc(OC)c1. The van der Waals surface area contributed by atoms with Gasteiger partial charge in [0.15, 0.2) is 0 Å². The maximum absolute atomic E-state index is 13.2. The first-order chi connectivity index (χ1) is 16.6. The molecule has 0 aliphatic carbocycles. The van der Waals surface area contributed by atoms with Crippen LogP contribution in [0.4, 0.5) is 0 Å². The Bertz CT molecular complexity index is 1050. The molecule has 0 saturated carbocycles. The van der Waals surface area contributed by atoms with Gasteiger partial charge in [-0.2, -0.15) is 0 Å². The van der Waals surface area contributed by atoms with E-state index < -0.39 is 0 Å². The maximum atomic E-state index is 13.2. The minimum absolute atomic E-state index is 0.0170. The van der Waals surface area contributed by atoms with E-state index in [1.165, 1.54) is 5.56 Å². The fourth-order valence-electron chi connectivity index (χ4n) is 4.83. The number of piperidine rings is 1. The molecular weight excluding hydrogens is 424 g/mol. The van der Waals surface area contributed by atoms with Crippen molar-refractivity contribution in [1.29, 1.82) is 0 Å². The highest BCUT2D eigenvalue weighted by Crippen LogP contribution is 2.36. The Labute approximate surface area is 202 Å². The average Bonchev–Trinajstić information content (AvgIpc) is 2.89. The summed E-state index contributed by atoms with van der Waals surface area (Å²) < 4.78 is 11.0. The fraction of sp³-hybridized carbons (Fsp3) is 0.345. The lowest BCUT2D eigenvalue weighted by molar-refractivity contribution is -0.128. The van der Waals surface area contributed by atoms with Crippen LogP contribution in [0.1, 0.15) is 48.5 Å². The maximum Gasteiger partial charge on any atom is 0.224 e. The van der Waals surface area contributed by atoms with E-state index in [1.807, 2.05) is 49.4 Å². The van der Waals surface area contributed by atoms with Crippen LogP contribution < -0.4 is 14.8 Å². The summed E-state index contributed by atoms with van der Waals surface area (Å²) in [7, 11) is 3.33. The molecule has 0 bridgehead atoms. The monoisotopic (exact) mass is 458 g/mol. The van der Waals surface area contributed by atoms with Crippen LogP contribution in [0.15, 0.2) is 78.9 Å². The summed E-state index contributed by atoms with van der Waals surface area (Å²) in [4.78, 5) is 15.7. The van der Waals surface area contributed by atoms with Crippen molar-refractivity contribution < 1.29 is 14.3 Å². The van der Waals surface area contributed by atoms with Gasteiger partial charge >= 0.3 is 0 Å². The van der Waals surface area contributed by atoms with Crippen LogP contribution in [0.5, 0.6) is 11.5 Å². The van der Waals surface area contributed by atoms with E-state index in [2.05, 4.69) is 46.6 Å². The van der Waals surface area contributed by atoms with Crippen molar-refractivity contribution in [3.05, 3.63) is 95.6 Å². The predicted molar refractivity (Wildman–Crippen MR) is 135 cm³/mol. The number of rotatable bonds is 8. The van der Waals surface area contributed by atoms with E-state index in [1.54, 1.807) is 14.2 Å². The summed E-state index contributed by atoms with van der Waals surface area (Å²) in [6, 6.07) is 26.9. The van der Waals surface area contributed by atoms with Gasteiger partial charge in [-0.25, -0.2) is 0 Å². The molecule has 1 saturated heterocycles. The van der Waals surface area contributed by atoms with Gasteiger partial charge in [-0.05, 0) is 48.6 Å². The van der Waals surface area contributed by atoms with Gasteiger partial charge in [-0.1, -0.05) is 60.7 Å². The lowest BCUT2D eigenvalue weighted by atomic mass is 9.87. The first-order valence-electron chi connectivity index (χ1n) is 11.9. The average molecular weight is 459 g/mol. The van der Waals surface area contributed by atoms with Crippen LogP contribution in [0, 0.1) is 5.92 Å². The molecule has 1 heterocycles. The zero-order valence-electron chi connectivity index (χ0n) is 20.2. The second kappa shape index (κ2) is 11.2. The van der Waals surface area contributed by atoms with Crippen LogP contribution >= 0.6 is 0 Å². The zero-order chi connectivity index (χ0) is 23.9. The molecular formula is C29H34N2O3. The van der Waals surface area contributed by atoms with E-state index in [-0.39, 0.29) is 23.9 Å². The highest BCUT2D eigenvalue weighted by molar-refractivity contribution is 5.79. The molecule has 1 N–H and O–H groups in total. The molecule has 0 spiro atoms. The molecule has 3 aromatic rings. The summed E-state index contributed by atoms with van der Waals surface area (Å²) in [6.45, 7) is 3.46. The number of nitrogens with zero attached hydrogens (tertiary/aromatic N) is 1. The van der Waals surface area contributed by atoms with Gasteiger partial charge in [0.2, 0.25) is 5.91 Å². The first-order valence-corrected chi connectivity index (χ1v) is 11.9. The number of ether oxygens (including phenoxy) is 2. The van der Waals surface area contributed by atoms with Crippen molar-refractivity contribution in [3.63, 3.8) is 0 Å². The molecule has 0 radical (unpaired) electrons. The molecule has 1 fully saturated rings. The van der Waals surface area contributed by atoms with Crippen molar-refractivity contribution in [2.24, 2.45) is 5.92 Å². The number of hydrogen-bond acceptors (Lipinski definition) is 4. The quantitative estimate of drug-likeness (QED) is 0.482. The summed E-state index contributed by atoms with van der Waals surface area (Å²) in [6.07, 6.45) is 1.80. The molecule has 1 amide bonds. The van der Waals surface area contributed by atoms with Crippen molar-refractivity contribution in [3.8, 4) is 11.5 Å². The van der Waals surface area contributed by atoms with Crippen LogP contribution in [-0.2, 0) is 11.3 Å². The summed E-state index contributed by atoms with van der Waals surface area (Å²) in [5.41, 5.74) is 3.51. The van der Waals surface area contributed by atoms with Gasteiger partial charge in [-0.3, -0.25) is 9.69 Å². The van der Waals surface area contributed by atoms with E-state index in [0.29, 0.717) is 13.1 Å². The Kier molecular flexibility index (Phi) is 7.86. The van der Waals surface area contributed by atoms with Crippen molar-refractivity contribution in [2.45, 2.75) is 38.4 Å². The molecule has 3 atom stereocenters. The third-order valence-electron chi connectivity index (χ3n) is 6.69. The third kappa shape index (κ3) is 5.78. The van der Waals surface area contributed by atoms with Gasteiger partial charge in [-0.15, -0.1) is 0 Å². The Morgan fingerprint density at radius 3 is 2.18 bits per heavy atom. The highest BCUT2D eigenvalue weighted by atomic mass is 16.5. The van der Waals surface area contributed by atoms with Crippen LogP contribution in [-0.4, -0.2) is 31.6 Å². The smallest absolute Gasteiger partial charge is 0.224 e. The van der Waals surface area contributed by atoms with Gasteiger partial charge < -0.3 is 14.8 Å². The molecule has 1 aliphatic rings. The van der Waals surface area contributed by atoms with Crippen molar-refractivity contribution >= 4 is 5.91 Å². The number of methoxy groups -OCH3 is 2. The number of hydrogen-bond donors (Lipinski definition) is 1. The number of amides is 1. The molecule has 4 rings (SSSR count). The first kappa shape index (κ1) is 23.8. The summed E-state index contributed by atoms with van der Waals surface area (Å²) in [5, 5.41) is 3.24. The molecule has 5 heteroatoms. The minimum atomic E-state index is -0.0568. The topological polar surface area (TPSA) is 50.8 Å². The number of carbonyl (C=O) groups is 1. The number of benzene rings is 3. The molecule has 3 unspecified atom stereocenters. The Morgan fingerprint density at radius 1 is 0.941 bits per heavy atom. The molecule has 5 nitrogen and oxygen atoms in total. The normalized spacial score (nSPS) is 19.3. The van der Waals surface area contributed by atoms with E-state index in [0.717, 1.165) is 35.5 Å². The standard InChI is InChI=1S/C29H34N2O3/c1-21(23-10-6-4-7-11-23)30-29(32)25-14-15-28(24-12-8-5-9-13-24)31(20-25)19-22-16-26(33-2)18-27(17-22)34-3/h4-13,16-18,21,25,28H,14-15,19-20H2,1-3H3,(H,30,32). The van der Waals surface area contributed by atoms with E-state index >= 15 is 0 Å². The van der Waals surface area contributed by atoms with E-state index in [9.17, 15) is 4.79 Å². The second-order valence-electron chi connectivity index (χ2n) is 8.99. The summed E-state index contributed by atoms with van der Waals surface area (Å²) >= 11 is 0. The third-order valence-corrected chi connectivity index (χ3v) is 6.69. The fourth-order valence-corrected chi connectivity index (χ4v) is 4.83. The summed E-state index contributed by atoms with van der Waals surface area (Å²) in [5.74, 6) is 1.61. The molecule has 0 aromatic heterocycles. The Balaban J connectivity index is 1.53. The number of nitrogens with one attached hydrogen (secondary N) is 1. The number of likely N-dealkylation sites (tertiary alicyclic amines) is 1. The Hall–Kier alpha value is -3.31. The molecule has 34 heavy (non-hydrogen) atoms. The predicted octanol–water partition coefficient (Wildman–Crippen LogP) is 5.53. The lowest BCUT2D eigenvalue weighted by Crippen LogP contribution is -2.44. The lowest BCUT2D eigenvalue weighted by Gasteiger charge is -2.40. The number of carbonyl (C=O) groups excluding carboxylic acids is 1. The molecule has 3 aromatic carbocycles. The van der Waals surface area contributed by atoms with E-state index in [4.69, 9.17) is 9.47 Å². The van der Waals surface area contributed by atoms with Gasteiger partial charge in [0.05, 0.1) is 26.2 Å². The van der Waals surface area contributed by atoms with Gasteiger partial charge in [0.1, 0.15) is 11.5 Å². The Morgan fingerprint density at radius 2 is 1.56 bits per heavy atom. The van der Waals surface area contributed by atoms with Crippen LogP contribution in [0.3, 0.4) is 0 Å².